The van der Waals surface area contributed by atoms with Gasteiger partial charge in [0.15, 0.2) is 5.60 Å². The maximum absolute atomic E-state index is 10.6. The third-order valence-electron chi connectivity index (χ3n) is 4.88. The molecule has 1 aliphatic heterocycles. The van der Waals surface area contributed by atoms with Crippen molar-refractivity contribution < 1.29 is 9.84 Å². The highest BCUT2D eigenvalue weighted by molar-refractivity contribution is 7.09. The smallest absolute Gasteiger partial charge is 0.174 e. The molecular weight excluding hydrogens is 412 g/mol. The second-order valence-electron chi connectivity index (χ2n) is 7.21. The van der Waals surface area contributed by atoms with Crippen LogP contribution in [0.2, 0.25) is 0 Å². The highest BCUT2D eigenvalue weighted by Crippen LogP contribution is 2.23. The Hall–Kier alpha value is -2.90. The fourth-order valence-corrected chi connectivity index (χ4v) is 3.86. The van der Waals surface area contributed by atoms with E-state index >= 15 is 0 Å². The van der Waals surface area contributed by atoms with Crippen LogP contribution in [-0.2, 0) is 10.3 Å². The number of hydrogen-bond acceptors (Lipinski definition) is 9. The molecule has 1 fully saturated rings. The van der Waals surface area contributed by atoms with E-state index in [2.05, 4.69) is 36.6 Å². The van der Waals surface area contributed by atoms with Crippen molar-refractivity contribution in [2.24, 2.45) is 0 Å². The van der Waals surface area contributed by atoms with Gasteiger partial charge in [0.2, 0.25) is 0 Å². The molecule has 0 radical (unpaired) electrons. The van der Waals surface area contributed by atoms with E-state index in [1.54, 1.807) is 19.3 Å². The lowest BCUT2D eigenvalue weighted by Gasteiger charge is -2.30. The van der Waals surface area contributed by atoms with Crippen LogP contribution in [0.25, 0.3) is 0 Å². The number of aliphatic hydroxyl groups is 1. The highest BCUT2D eigenvalue weighted by Gasteiger charge is 2.23. The monoisotopic (exact) mass is 436 g/mol. The van der Waals surface area contributed by atoms with Crippen LogP contribution >= 0.6 is 11.3 Å². The van der Waals surface area contributed by atoms with Gasteiger partial charge in [-0.05, 0) is 31.0 Å². The molecule has 0 saturated carbocycles. The number of pyridine rings is 1. The van der Waals surface area contributed by atoms with Crippen LogP contribution in [0.3, 0.4) is 0 Å². The summed E-state index contributed by atoms with van der Waals surface area (Å²) in [5.74, 6) is 7.40. The second kappa shape index (κ2) is 9.94. The number of ether oxygens (including phenoxy) is 1. The molecule has 9 heteroatoms. The number of aromatic nitrogens is 4. The Balaban J connectivity index is 1.56. The molecule has 0 bridgehead atoms. The van der Waals surface area contributed by atoms with Crippen LogP contribution < -0.4 is 4.90 Å². The zero-order valence-electron chi connectivity index (χ0n) is 17.3. The third-order valence-corrected chi connectivity index (χ3v) is 5.86. The molecule has 4 heterocycles. The van der Waals surface area contributed by atoms with Crippen molar-refractivity contribution >= 4 is 23.0 Å². The van der Waals surface area contributed by atoms with Gasteiger partial charge < -0.3 is 14.7 Å². The summed E-state index contributed by atoms with van der Waals surface area (Å²) in [6.45, 7) is 6.58. The van der Waals surface area contributed by atoms with E-state index in [0.29, 0.717) is 10.7 Å². The van der Waals surface area contributed by atoms with Crippen molar-refractivity contribution in [3.63, 3.8) is 0 Å². The van der Waals surface area contributed by atoms with Gasteiger partial charge in [0.1, 0.15) is 28.7 Å². The van der Waals surface area contributed by atoms with Gasteiger partial charge in [-0.15, -0.1) is 11.3 Å². The minimum Gasteiger partial charge on any atom is -0.379 e. The predicted molar refractivity (Wildman–Crippen MR) is 119 cm³/mol. The van der Waals surface area contributed by atoms with E-state index < -0.39 is 5.60 Å². The molecule has 4 rings (SSSR count). The van der Waals surface area contributed by atoms with E-state index in [9.17, 15) is 5.11 Å². The number of hydrogen-bond donors (Lipinski definition) is 1. The molecule has 1 saturated heterocycles. The van der Waals surface area contributed by atoms with E-state index in [0.717, 1.165) is 51.0 Å². The summed E-state index contributed by atoms with van der Waals surface area (Å²) in [5.41, 5.74) is -0.756. The van der Waals surface area contributed by atoms with E-state index in [1.165, 1.54) is 17.7 Å². The summed E-state index contributed by atoms with van der Waals surface area (Å²) < 4.78 is 5.45. The van der Waals surface area contributed by atoms with Crippen molar-refractivity contribution in [1.82, 2.24) is 24.8 Å². The number of rotatable bonds is 6. The topological polar surface area (TPSA) is 87.5 Å². The van der Waals surface area contributed by atoms with E-state index in [4.69, 9.17) is 9.72 Å². The number of thiazole rings is 1. The minimum absolute atomic E-state index is 0.560. The molecule has 8 nitrogen and oxygen atoms in total. The van der Waals surface area contributed by atoms with Gasteiger partial charge in [0.05, 0.1) is 13.2 Å². The first kappa shape index (κ1) is 21.3. The first-order valence-electron chi connectivity index (χ1n) is 10.1. The fraction of sp³-hybridized carbons (Fsp3) is 0.364. The quantitative estimate of drug-likeness (QED) is 0.588. The summed E-state index contributed by atoms with van der Waals surface area (Å²) in [6, 6.07) is 7.54. The van der Waals surface area contributed by atoms with Crippen LogP contribution in [0.5, 0.6) is 0 Å². The Labute approximate surface area is 185 Å². The van der Waals surface area contributed by atoms with Gasteiger partial charge >= 0.3 is 0 Å². The number of nitrogens with zero attached hydrogens (tertiary/aromatic N) is 6. The maximum Gasteiger partial charge on any atom is 0.174 e. The average Bonchev–Trinajstić information content (AvgIpc) is 3.36. The molecule has 0 amide bonds. The number of anilines is 2. The Bertz CT molecular complexity index is 1030. The zero-order chi connectivity index (χ0) is 21.5. The van der Waals surface area contributed by atoms with Crippen LogP contribution in [0, 0.1) is 11.8 Å². The van der Waals surface area contributed by atoms with Gasteiger partial charge in [-0.1, -0.05) is 12.0 Å². The highest BCUT2D eigenvalue weighted by atomic mass is 32.1. The normalized spacial score (nSPS) is 16.2. The summed E-state index contributed by atoms with van der Waals surface area (Å²) in [5, 5.41) is 13.0. The van der Waals surface area contributed by atoms with Gasteiger partial charge in [0.25, 0.3) is 0 Å². The molecule has 3 aromatic rings. The SMILES string of the molecule is CC(O)(C#Cc1cccc(N(CCN2CCOCC2)c2ccncn2)n1)c1nccs1. The molecule has 0 spiro atoms. The van der Waals surface area contributed by atoms with Gasteiger partial charge in [-0.2, -0.15) is 0 Å². The third kappa shape index (κ3) is 5.62. The molecule has 1 unspecified atom stereocenters. The lowest BCUT2D eigenvalue weighted by atomic mass is 10.1. The Morgan fingerprint density at radius 3 is 2.81 bits per heavy atom. The van der Waals surface area contributed by atoms with Crippen molar-refractivity contribution in [3.8, 4) is 11.8 Å². The first-order chi connectivity index (χ1) is 15.1. The van der Waals surface area contributed by atoms with Gasteiger partial charge in [-0.3, -0.25) is 4.90 Å². The second-order valence-corrected chi connectivity index (χ2v) is 8.11. The first-order valence-corrected chi connectivity index (χ1v) is 11.0. The summed E-state index contributed by atoms with van der Waals surface area (Å²) in [6.07, 6.45) is 4.91. The molecule has 3 aromatic heterocycles. The zero-order valence-corrected chi connectivity index (χ0v) is 18.1. The molecule has 31 heavy (non-hydrogen) atoms. The van der Waals surface area contributed by atoms with Gasteiger partial charge in [-0.25, -0.2) is 19.9 Å². The predicted octanol–water partition coefficient (Wildman–Crippen LogP) is 2.06. The Morgan fingerprint density at radius 2 is 2.06 bits per heavy atom. The average molecular weight is 437 g/mol. The van der Waals surface area contributed by atoms with Crippen molar-refractivity contribution in [1.29, 1.82) is 0 Å². The van der Waals surface area contributed by atoms with Crippen LogP contribution in [0.15, 0.2) is 48.4 Å². The maximum atomic E-state index is 10.6. The van der Waals surface area contributed by atoms with E-state index in [1.807, 2.05) is 29.6 Å². The molecular formula is C22H24N6O2S. The van der Waals surface area contributed by atoms with Crippen LogP contribution in [0.1, 0.15) is 17.6 Å². The van der Waals surface area contributed by atoms with E-state index in [-0.39, 0.29) is 0 Å². The summed E-state index contributed by atoms with van der Waals surface area (Å²) in [7, 11) is 0. The molecule has 0 aromatic carbocycles. The molecule has 1 N–H and O–H groups in total. The molecule has 160 valence electrons. The summed E-state index contributed by atoms with van der Waals surface area (Å²) >= 11 is 1.37. The van der Waals surface area contributed by atoms with Gasteiger partial charge in [0, 0.05) is 44.0 Å². The largest absolute Gasteiger partial charge is 0.379 e. The number of morpholine rings is 1. The van der Waals surface area contributed by atoms with Crippen molar-refractivity contribution in [2.75, 3.05) is 44.3 Å². The standard InChI is InChI=1S/C22H24N6O2S/c1-22(29,21-24-9-16-31-21)7-5-18-3-2-4-20(26-18)28(19-6-8-23-17-25-19)11-10-27-12-14-30-15-13-27/h2-4,6,8-9,16-17,29H,10-15H2,1H3. The molecule has 1 aliphatic rings. The lowest BCUT2D eigenvalue weighted by molar-refractivity contribution is 0.0394. The molecule has 1 atom stereocenters. The van der Waals surface area contributed by atoms with Crippen molar-refractivity contribution in [2.45, 2.75) is 12.5 Å². The summed E-state index contributed by atoms with van der Waals surface area (Å²) in [4.78, 5) is 21.8. The lowest BCUT2D eigenvalue weighted by Crippen LogP contribution is -2.40. The molecule has 0 aliphatic carbocycles. The Morgan fingerprint density at radius 1 is 1.19 bits per heavy atom. The fourth-order valence-electron chi connectivity index (χ4n) is 3.20. The minimum atomic E-state index is -1.32. The van der Waals surface area contributed by atoms with Crippen LogP contribution in [0.4, 0.5) is 11.6 Å². The Kier molecular flexibility index (Phi) is 6.84. The van der Waals surface area contributed by atoms with Crippen LogP contribution in [-0.4, -0.2) is 69.3 Å². The van der Waals surface area contributed by atoms with Crippen molar-refractivity contribution in [3.05, 3.63) is 59.1 Å².